The molecule has 1 aromatic carbocycles. The Kier molecular flexibility index (Phi) is 3.72. The van der Waals surface area contributed by atoms with Crippen LogP contribution in [-0.2, 0) is 6.54 Å². The van der Waals surface area contributed by atoms with E-state index in [0.717, 1.165) is 31.2 Å². The molecule has 0 spiro atoms. The van der Waals surface area contributed by atoms with E-state index >= 15 is 0 Å². The van der Waals surface area contributed by atoms with Gasteiger partial charge in [0, 0.05) is 23.9 Å². The lowest BCUT2D eigenvalue weighted by Gasteiger charge is -2.09. The van der Waals surface area contributed by atoms with Crippen molar-refractivity contribution in [2.75, 3.05) is 0 Å². The van der Waals surface area contributed by atoms with Crippen molar-refractivity contribution >= 4 is 0 Å². The van der Waals surface area contributed by atoms with Crippen molar-refractivity contribution in [3.05, 3.63) is 53.4 Å². The summed E-state index contributed by atoms with van der Waals surface area (Å²) in [4.78, 5) is 0. The summed E-state index contributed by atoms with van der Waals surface area (Å²) in [5.74, 6) is -1.21. The molecule has 0 amide bonds. The largest absolute Gasteiger partial charge is 0.383 e. The Bertz CT molecular complexity index is 540. The quantitative estimate of drug-likeness (QED) is 0.908. The molecule has 3 nitrogen and oxygen atoms in total. The van der Waals surface area contributed by atoms with Crippen LogP contribution in [0.5, 0.6) is 0 Å². The minimum absolute atomic E-state index is 0.0777. The zero-order valence-corrected chi connectivity index (χ0v) is 9.98. The summed E-state index contributed by atoms with van der Waals surface area (Å²) in [5.41, 5.74) is 0.374. The Morgan fingerprint density at radius 2 is 2.17 bits per heavy atom. The van der Waals surface area contributed by atoms with Crippen molar-refractivity contribution < 1.29 is 13.9 Å². The number of aliphatic hydroxyl groups excluding tert-OH is 1. The zero-order chi connectivity index (χ0) is 13.1. The minimum Gasteiger partial charge on any atom is -0.383 e. The molecule has 0 aliphatic heterocycles. The van der Waals surface area contributed by atoms with Gasteiger partial charge in [0.15, 0.2) is 0 Å². The van der Waals surface area contributed by atoms with Crippen molar-refractivity contribution in [1.82, 2.24) is 9.78 Å². The highest BCUT2D eigenvalue weighted by Gasteiger charge is 2.17. The number of benzene rings is 1. The average molecular weight is 252 g/mol. The van der Waals surface area contributed by atoms with Gasteiger partial charge in [-0.3, -0.25) is 4.68 Å². The van der Waals surface area contributed by atoms with E-state index in [4.69, 9.17) is 0 Å². The predicted molar refractivity (Wildman–Crippen MR) is 62.9 cm³/mol. The van der Waals surface area contributed by atoms with E-state index in [9.17, 15) is 13.9 Å². The van der Waals surface area contributed by atoms with Crippen molar-refractivity contribution in [1.29, 1.82) is 0 Å². The van der Waals surface area contributed by atoms with Gasteiger partial charge in [-0.2, -0.15) is 5.10 Å². The summed E-state index contributed by atoms with van der Waals surface area (Å²) in [5, 5.41) is 14.1. The number of aliphatic hydroxyl groups is 1. The summed E-state index contributed by atoms with van der Waals surface area (Å²) >= 11 is 0. The average Bonchev–Trinajstić information content (AvgIpc) is 2.80. The summed E-state index contributed by atoms with van der Waals surface area (Å²) in [6.45, 7) is 2.72. The third-order valence-corrected chi connectivity index (χ3v) is 2.67. The number of rotatable bonds is 4. The molecule has 0 aliphatic rings. The van der Waals surface area contributed by atoms with Crippen LogP contribution < -0.4 is 0 Å². The molecule has 1 aromatic heterocycles. The molecule has 1 N–H and O–H groups in total. The molecule has 18 heavy (non-hydrogen) atoms. The van der Waals surface area contributed by atoms with Crippen LogP contribution in [0.3, 0.4) is 0 Å². The molecule has 2 rings (SSSR count). The van der Waals surface area contributed by atoms with Crippen LogP contribution in [-0.4, -0.2) is 14.9 Å². The monoisotopic (exact) mass is 252 g/mol. The molecule has 0 bridgehead atoms. The van der Waals surface area contributed by atoms with Gasteiger partial charge in [0.25, 0.3) is 0 Å². The third-order valence-electron chi connectivity index (χ3n) is 2.67. The Labute approximate surface area is 104 Å². The highest BCUT2D eigenvalue weighted by molar-refractivity contribution is 5.28. The lowest BCUT2D eigenvalue weighted by atomic mass is 10.0. The fourth-order valence-corrected chi connectivity index (χ4v) is 1.78. The van der Waals surface area contributed by atoms with E-state index in [1.807, 2.05) is 6.92 Å². The molecule has 0 saturated carbocycles. The number of aromatic nitrogens is 2. The number of halogens is 2. The van der Waals surface area contributed by atoms with Crippen LogP contribution >= 0.6 is 0 Å². The lowest BCUT2D eigenvalue weighted by molar-refractivity contribution is 0.214. The highest BCUT2D eigenvalue weighted by atomic mass is 19.1. The smallest absolute Gasteiger partial charge is 0.129 e. The molecule has 1 unspecified atom stereocenters. The number of hydrogen-bond donors (Lipinski definition) is 1. The first-order valence-electron chi connectivity index (χ1n) is 5.77. The summed E-state index contributed by atoms with van der Waals surface area (Å²) < 4.78 is 28.2. The number of hydrogen-bond acceptors (Lipinski definition) is 2. The second-order valence-electron chi connectivity index (χ2n) is 4.11. The number of aryl methyl sites for hydroxylation is 1. The standard InChI is InChI=1S/C13H14F2N2O/c1-2-5-17-8-9(7-16-17)13(18)11-6-10(14)3-4-12(11)15/h3-4,6-8,13,18H,2,5H2,1H3. The third kappa shape index (κ3) is 2.56. The van der Waals surface area contributed by atoms with Gasteiger partial charge in [-0.25, -0.2) is 8.78 Å². The van der Waals surface area contributed by atoms with E-state index in [1.165, 1.54) is 6.20 Å². The normalized spacial score (nSPS) is 12.7. The molecular formula is C13H14F2N2O. The Morgan fingerprint density at radius 1 is 1.39 bits per heavy atom. The van der Waals surface area contributed by atoms with Crippen LogP contribution in [0.25, 0.3) is 0 Å². The molecule has 0 aliphatic carbocycles. The van der Waals surface area contributed by atoms with Crippen molar-refractivity contribution in [3.8, 4) is 0 Å². The highest BCUT2D eigenvalue weighted by Crippen LogP contribution is 2.24. The second kappa shape index (κ2) is 5.27. The first-order valence-corrected chi connectivity index (χ1v) is 5.77. The van der Waals surface area contributed by atoms with Crippen molar-refractivity contribution in [2.45, 2.75) is 26.0 Å². The molecule has 0 radical (unpaired) electrons. The van der Waals surface area contributed by atoms with Crippen LogP contribution in [0.15, 0.2) is 30.6 Å². The van der Waals surface area contributed by atoms with Crippen LogP contribution in [0, 0.1) is 11.6 Å². The fraction of sp³-hybridized carbons (Fsp3) is 0.308. The fourth-order valence-electron chi connectivity index (χ4n) is 1.78. The Morgan fingerprint density at radius 3 is 2.89 bits per heavy atom. The van der Waals surface area contributed by atoms with Gasteiger partial charge in [0.1, 0.15) is 17.7 Å². The van der Waals surface area contributed by atoms with Crippen molar-refractivity contribution in [2.24, 2.45) is 0 Å². The van der Waals surface area contributed by atoms with Gasteiger partial charge >= 0.3 is 0 Å². The summed E-state index contributed by atoms with van der Waals surface area (Å²) in [6, 6.07) is 3.02. The first-order chi connectivity index (χ1) is 8.61. The van der Waals surface area contributed by atoms with E-state index < -0.39 is 17.7 Å². The molecular weight excluding hydrogens is 238 g/mol. The molecule has 0 saturated heterocycles. The van der Waals surface area contributed by atoms with Gasteiger partial charge in [0.05, 0.1) is 6.20 Å². The van der Waals surface area contributed by atoms with Crippen LogP contribution in [0.1, 0.15) is 30.6 Å². The number of nitrogens with zero attached hydrogens (tertiary/aromatic N) is 2. The van der Waals surface area contributed by atoms with E-state index in [1.54, 1.807) is 10.9 Å². The molecule has 1 heterocycles. The molecule has 1 atom stereocenters. The molecule has 96 valence electrons. The van der Waals surface area contributed by atoms with Crippen molar-refractivity contribution in [3.63, 3.8) is 0 Å². The van der Waals surface area contributed by atoms with E-state index in [-0.39, 0.29) is 5.56 Å². The second-order valence-corrected chi connectivity index (χ2v) is 4.11. The summed E-state index contributed by atoms with van der Waals surface area (Å²) in [7, 11) is 0. The Hall–Kier alpha value is -1.75. The van der Waals surface area contributed by atoms with Gasteiger partial charge in [-0.15, -0.1) is 0 Å². The van der Waals surface area contributed by atoms with Gasteiger partial charge in [-0.1, -0.05) is 6.92 Å². The van der Waals surface area contributed by atoms with Crippen LogP contribution in [0.4, 0.5) is 8.78 Å². The van der Waals surface area contributed by atoms with Gasteiger partial charge in [0.2, 0.25) is 0 Å². The maximum Gasteiger partial charge on any atom is 0.129 e. The first kappa shape index (κ1) is 12.7. The minimum atomic E-state index is -1.20. The lowest BCUT2D eigenvalue weighted by Crippen LogP contribution is -2.02. The maximum atomic E-state index is 13.5. The van der Waals surface area contributed by atoms with Crippen LogP contribution in [0.2, 0.25) is 0 Å². The van der Waals surface area contributed by atoms with E-state index in [0.29, 0.717) is 5.56 Å². The molecule has 2 aromatic rings. The SMILES string of the molecule is CCCn1cc(C(O)c2cc(F)ccc2F)cn1. The zero-order valence-electron chi connectivity index (χ0n) is 9.98. The Balaban J connectivity index is 2.29. The molecule has 0 fully saturated rings. The topological polar surface area (TPSA) is 38.0 Å². The summed E-state index contributed by atoms with van der Waals surface area (Å²) in [6.07, 6.45) is 2.81. The van der Waals surface area contributed by atoms with Gasteiger partial charge in [-0.05, 0) is 24.6 Å². The molecule has 5 heteroatoms. The van der Waals surface area contributed by atoms with Gasteiger partial charge < -0.3 is 5.11 Å². The maximum absolute atomic E-state index is 13.5. The predicted octanol–water partition coefficient (Wildman–Crippen LogP) is 2.65. The van der Waals surface area contributed by atoms with E-state index in [2.05, 4.69) is 5.10 Å².